The number of hydrogen-bond donors (Lipinski definition) is 3. The van der Waals surface area contributed by atoms with E-state index in [2.05, 4.69) is 16.0 Å². The Hall–Kier alpha value is -0.750. The first kappa shape index (κ1) is 15.3. The SMILES string of the molecule is CCNC(=O)C(C)NC(=O)CSC1CCNCC1. The van der Waals surface area contributed by atoms with Gasteiger partial charge < -0.3 is 16.0 Å². The van der Waals surface area contributed by atoms with Gasteiger partial charge in [-0.05, 0) is 39.8 Å². The second kappa shape index (κ2) is 8.37. The molecule has 1 atom stereocenters. The highest BCUT2D eigenvalue weighted by atomic mass is 32.2. The molecule has 0 bridgehead atoms. The highest BCUT2D eigenvalue weighted by molar-refractivity contribution is 8.00. The standard InChI is InChI=1S/C12H23N3O2S/c1-3-14-12(17)9(2)15-11(16)8-18-10-4-6-13-7-5-10/h9-10,13H,3-8H2,1-2H3,(H,14,17)(H,15,16). The normalized spacial score (nSPS) is 18.1. The van der Waals surface area contributed by atoms with Crippen LogP contribution in [0.5, 0.6) is 0 Å². The van der Waals surface area contributed by atoms with Gasteiger partial charge in [-0.3, -0.25) is 9.59 Å². The Morgan fingerprint density at radius 3 is 2.67 bits per heavy atom. The minimum absolute atomic E-state index is 0.0581. The molecule has 1 fully saturated rings. The lowest BCUT2D eigenvalue weighted by atomic mass is 10.2. The summed E-state index contributed by atoms with van der Waals surface area (Å²) in [5, 5.41) is 9.27. The number of likely N-dealkylation sites (N-methyl/N-ethyl adjacent to an activating group) is 1. The molecule has 1 aliphatic rings. The number of amides is 2. The van der Waals surface area contributed by atoms with Crippen LogP contribution in [0.4, 0.5) is 0 Å². The fraction of sp³-hybridized carbons (Fsp3) is 0.833. The first-order valence-electron chi connectivity index (χ1n) is 6.53. The van der Waals surface area contributed by atoms with Crippen LogP contribution in [0.3, 0.4) is 0 Å². The van der Waals surface area contributed by atoms with Crippen LogP contribution >= 0.6 is 11.8 Å². The summed E-state index contributed by atoms with van der Waals surface area (Å²) in [5.74, 6) is 0.254. The molecule has 0 saturated carbocycles. The summed E-state index contributed by atoms with van der Waals surface area (Å²) in [6.45, 7) is 6.23. The molecule has 1 heterocycles. The number of hydrogen-bond acceptors (Lipinski definition) is 4. The van der Waals surface area contributed by atoms with E-state index < -0.39 is 6.04 Å². The summed E-state index contributed by atoms with van der Waals surface area (Å²) in [5.41, 5.74) is 0. The molecule has 1 unspecified atom stereocenters. The van der Waals surface area contributed by atoms with Crippen LogP contribution < -0.4 is 16.0 Å². The maximum atomic E-state index is 11.7. The van der Waals surface area contributed by atoms with Crippen LogP contribution in [-0.4, -0.2) is 48.5 Å². The van der Waals surface area contributed by atoms with Gasteiger partial charge in [0.15, 0.2) is 0 Å². The summed E-state index contributed by atoms with van der Waals surface area (Å²) in [6.07, 6.45) is 2.23. The van der Waals surface area contributed by atoms with E-state index in [1.54, 1.807) is 18.7 Å². The molecule has 0 spiro atoms. The van der Waals surface area contributed by atoms with E-state index in [-0.39, 0.29) is 11.8 Å². The molecular weight excluding hydrogens is 250 g/mol. The van der Waals surface area contributed by atoms with Crippen molar-refractivity contribution < 1.29 is 9.59 Å². The first-order valence-corrected chi connectivity index (χ1v) is 7.57. The Morgan fingerprint density at radius 1 is 1.39 bits per heavy atom. The Bertz CT molecular complexity index is 280. The predicted octanol–water partition coefficient (Wildman–Crippen LogP) is 0.112. The predicted molar refractivity (Wildman–Crippen MR) is 74.6 cm³/mol. The quantitative estimate of drug-likeness (QED) is 0.642. The molecule has 18 heavy (non-hydrogen) atoms. The van der Waals surface area contributed by atoms with Gasteiger partial charge in [0, 0.05) is 11.8 Å². The summed E-state index contributed by atoms with van der Waals surface area (Å²) in [6, 6.07) is -0.453. The molecule has 5 nitrogen and oxygen atoms in total. The average molecular weight is 273 g/mol. The van der Waals surface area contributed by atoms with Crippen molar-refractivity contribution in [2.45, 2.75) is 38.0 Å². The van der Waals surface area contributed by atoms with Crippen molar-refractivity contribution in [3.63, 3.8) is 0 Å². The lowest BCUT2D eigenvalue weighted by molar-refractivity contribution is -0.127. The van der Waals surface area contributed by atoms with Gasteiger partial charge in [-0.25, -0.2) is 0 Å². The molecular formula is C12H23N3O2S. The molecule has 6 heteroatoms. The Morgan fingerprint density at radius 2 is 2.06 bits per heavy atom. The average Bonchev–Trinajstić information content (AvgIpc) is 2.38. The Balaban J connectivity index is 2.18. The number of piperidine rings is 1. The summed E-state index contributed by atoms with van der Waals surface area (Å²) < 4.78 is 0. The van der Waals surface area contributed by atoms with Crippen molar-refractivity contribution in [2.24, 2.45) is 0 Å². The molecule has 104 valence electrons. The Kier molecular flexibility index (Phi) is 7.12. The smallest absolute Gasteiger partial charge is 0.242 e. The lowest BCUT2D eigenvalue weighted by Gasteiger charge is -2.22. The zero-order valence-corrected chi connectivity index (χ0v) is 11.9. The van der Waals surface area contributed by atoms with E-state index in [9.17, 15) is 9.59 Å². The lowest BCUT2D eigenvalue weighted by Crippen LogP contribution is -2.45. The molecule has 1 rings (SSSR count). The minimum Gasteiger partial charge on any atom is -0.355 e. The fourth-order valence-corrected chi connectivity index (χ4v) is 2.87. The van der Waals surface area contributed by atoms with Crippen molar-refractivity contribution in [2.75, 3.05) is 25.4 Å². The van der Waals surface area contributed by atoms with Crippen LogP contribution in [0.1, 0.15) is 26.7 Å². The maximum Gasteiger partial charge on any atom is 0.242 e. The first-order chi connectivity index (χ1) is 8.63. The van der Waals surface area contributed by atoms with Crippen LogP contribution in [0.25, 0.3) is 0 Å². The van der Waals surface area contributed by atoms with E-state index >= 15 is 0 Å². The van der Waals surface area contributed by atoms with E-state index in [1.165, 1.54) is 0 Å². The van der Waals surface area contributed by atoms with E-state index in [0.717, 1.165) is 25.9 Å². The van der Waals surface area contributed by atoms with E-state index in [4.69, 9.17) is 0 Å². The molecule has 0 aromatic heterocycles. The third-order valence-corrected chi connectivity index (χ3v) is 4.23. The fourth-order valence-electron chi connectivity index (χ4n) is 1.83. The van der Waals surface area contributed by atoms with Gasteiger partial charge in [0.05, 0.1) is 5.75 Å². The highest BCUT2D eigenvalue weighted by Gasteiger charge is 2.17. The van der Waals surface area contributed by atoms with Crippen LogP contribution in [0.2, 0.25) is 0 Å². The van der Waals surface area contributed by atoms with Gasteiger partial charge >= 0.3 is 0 Å². The van der Waals surface area contributed by atoms with Crippen LogP contribution in [0, 0.1) is 0 Å². The van der Waals surface area contributed by atoms with Gasteiger partial charge in [-0.2, -0.15) is 0 Å². The van der Waals surface area contributed by atoms with E-state index in [1.807, 2.05) is 6.92 Å². The zero-order valence-electron chi connectivity index (χ0n) is 11.1. The van der Waals surface area contributed by atoms with Gasteiger partial charge in [0.25, 0.3) is 0 Å². The highest BCUT2D eigenvalue weighted by Crippen LogP contribution is 2.19. The number of carbonyl (C=O) groups is 2. The largest absolute Gasteiger partial charge is 0.355 e. The van der Waals surface area contributed by atoms with Crippen LogP contribution in [0.15, 0.2) is 0 Å². The maximum absolute atomic E-state index is 11.7. The molecule has 0 radical (unpaired) electrons. The minimum atomic E-state index is -0.453. The van der Waals surface area contributed by atoms with Crippen LogP contribution in [-0.2, 0) is 9.59 Å². The number of nitrogens with one attached hydrogen (secondary N) is 3. The number of thioether (sulfide) groups is 1. The van der Waals surface area contributed by atoms with E-state index in [0.29, 0.717) is 17.5 Å². The molecule has 0 aliphatic carbocycles. The molecule has 0 aromatic carbocycles. The molecule has 1 saturated heterocycles. The summed E-state index contributed by atoms with van der Waals surface area (Å²) >= 11 is 1.69. The van der Waals surface area contributed by atoms with Crippen molar-refractivity contribution in [3.05, 3.63) is 0 Å². The van der Waals surface area contributed by atoms with Crippen molar-refractivity contribution in [1.82, 2.24) is 16.0 Å². The van der Waals surface area contributed by atoms with Gasteiger partial charge in [0.2, 0.25) is 11.8 Å². The molecule has 0 aromatic rings. The Labute approximate surface area is 113 Å². The van der Waals surface area contributed by atoms with Gasteiger partial charge in [0.1, 0.15) is 6.04 Å². The molecule has 2 amide bonds. The zero-order chi connectivity index (χ0) is 13.4. The van der Waals surface area contributed by atoms with Gasteiger partial charge in [-0.1, -0.05) is 0 Å². The second-order valence-corrected chi connectivity index (χ2v) is 5.73. The number of carbonyl (C=O) groups excluding carboxylic acids is 2. The summed E-state index contributed by atoms with van der Waals surface area (Å²) in [4.78, 5) is 23.1. The van der Waals surface area contributed by atoms with Crippen molar-refractivity contribution in [1.29, 1.82) is 0 Å². The summed E-state index contributed by atoms with van der Waals surface area (Å²) in [7, 11) is 0. The van der Waals surface area contributed by atoms with Gasteiger partial charge in [-0.15, -0.1) is 11.8 Å². The second-order valence-electron chi connectivity index (χ2n) is 4.44. The monoisotopic (exact) mass is 273 g/mol. The number of rotatable bonds is 6. The molecule has 1 aliphatic heterocycles. The van der Waals surface area contributed by atoms with Crippen molar-refractivity contribution in [3.8, 4) is 0 Å². The molecule has 3 N–H and O–H groups in total. The third kappa shape index (κ3) is 5.73. The third-order valence-electron chi connectivity index (χ3n) is 2.86. The topological polar surface area (TPSA) is 70.2 Å². The van der Waals surface area contributed by atoms with Crippen molar-refractivity contribution >= 4 is 23.6 Å².